The first-order chi connectivity index (χ1) is 12.5. The van der Waals surface area contributed by atoms with Gasteiger partial charge in [-0.05, 0) is 23.3 Å². The highest BCUT2D eigenvalue weighted by atomic mass is 19.4. The van der Waals surface area contributed by atoms with E-state index >= 15 is 0 Å². The van der Waals surface area contributed by atoms with Gasteiger partial charge in [0.05, 0.1) is 24.8 Å². The molecule has 2 N–H and O–H groups in total. The van der Waals surface area contributed by atoms with Gasteiger partial charge in [0.1, 0.15) is 6.10 Å². The molecule has 3 rings (SSSR count). The minimum absolute atomic E-state index is 0.253. The van der Waals surface area contributed by atoms with E-state index in [-0.39, 0.29) is 11.6 Å². The lowest BCUT2D eigenvalue weighted by Crippen LogP contribution is -2.44. The topological polar surface area (TPSA) is 50.7 Å². The Kier molecular flexibility index (Phi) is 5.93. The maximum absolute atomic E-state index is 12.9. The monoisotopic (exact) mass is 367 g/mol. The van der Waals surface area contributed by atoms with Crippen LogP contribution in [0.3, 0.4) is 0 Å². The van der Waals surface area contributed by atoms with Crippen LogP contribution in [0.2, 0.25) is 0 Å². The minimum Gasteiger partial charge on any atom is -0.393 e. The van der Waals surface area contributed by atoms with Gasteiger partial charge in [-0.1, -0.05) is 42.5 Å². The number of morpholine rings is 1. The van der Waals surface area contributed by atoms with Gasteiger partial charge in [0.2, 0.25) is 0 Å². The summed E-state index contributed by atoms with van der Waals surface area (Å²) in [6, 6.07) is 14.0. The minimum atomic E-state index is -4.45. The third-order valence-corrected chi connectivity index (χ3v) is 4.23. The second-order valence-electron chi connectivity index (χ2n) is 6.01. The zero-order valence-corrected chi connectivity index (χ0v) is 13.9. The van der Waals surface area contributed by atoms with Crippen LogP contribution in [0.25, 0.3) is 0 Å². The Morgan fingerprint density at radius 2 is 1.92 bits per heavy atom. The van der Waals surface area contributed by atoms with Crippen molar-refractivity contribution in [3.8, 4) is 0 Å². The Balaban J connectivity index is 1.80. The first-order valence-corrected chi connectivity index (χ1v) is 8.32. The molecule has 1 aliphatic heterocycles. The molecular weight excluding hydrogens is 347 g/mol. The number of rotatable bonds is 5. The number of hydrogen-bond donors (Lipinski definition) is 2. The summed E-state index contributed by atoms with van der Waals surface area (Å²) in [6.07, 6.45) is -6.10. The number of alkyl halides is 3. The highest BCUT2D eigenvalue weighted by Crippen LogP contribution is 2.33. The van der Waals surface area contributed by atoms with Gasteiger partial charge in [-0.2, -0.15) is 13.2 Å². The van der Waals surface area contributed by atoms with Crippen LogP contribution in [0.5, 0.6) is 0 Å². The zero-order chi connectivity index (χ0) is 18.6. The van der Waals surface area contributed by atoms with E-state index < -0.39 is 30.7 Å². The fourth-order valence-corrected chi connectivity index (χ4v) is 2.94. The van der Waals surface area contributed by atoms with E-state index in [4.69, 9.17) is 9.47 Å². The molecule has 1 heterocycles. The van der Waals surface area contributed by atoms with E-state index in [2.05, 4.69) is 5.32 Å². The molecule has 2 unspecified atom stereocenters. The molecule has 0 aliphatic carbocycles. The molecule has 0 spiro atoms. The van der Waals surface area contributed by atoms with Crippen LogP contribution in [0.4, 0.5) is 13.2 Å². The van der Waals surface area contributed by atoms with Crippen LogP contribution in [0.1, 0.15) is 28.8 Å². The molecule has 140 valence electrons. The van der Waals surface area contributed by atoms with E-state index in [0.29, 0.717) is 13.2 Å². The quantitative estimate of drug-likeness (QED) is 0.850. The molecule has 0 saturated carbocycles. The third-order valence-electron chi connectivity index (χ3n) is 4.23. The molecule has 3 atom stereocenters. The van der Waals surface area contributed by atoms with Gasteiger partial charge in [-0.3, -0.25) is 0 Å². The Hall–Kier alpha value is -1.93. The van der Waals surface area contributed by atoms with Crippen LogP contribution < -0.4 is 5.32 Å². The highest BCUT2D eigenvalue weighted by Gasteiger charge is 2.33. The number of nitrogens with one attached hydrogen (secondary N) is 1. The molecule has 1 saturated heterocycles. The van der Waals surface area contributed by atoms with Crippen LogP contribution >= 0.6 is 0 Å². The Labute approximate surface area is 149 Å². The van der Waals surface area contributed by atoms with Crippen LogP contribution in [-0.4, -0.2) is 31.2 Å². The first-order valence-electron chi connectivity index (χ1n) is 8.32. The number of halogens is 3. The van der Waals surface area contributed by atoms with Crippen LogP contribution in [0, 0.1) is 0 Å². The zero-order valence-electron chi connectivity index (χ0n) is 13.9. The van der Waals surface area contributed by atoms with Gasteiger partial charge in [-0.15, -0.1) is 0 Å². The maximum Gasteiger partial charge on any atom is 0.416 e. The molecule has 1 aliphatic rings. The summed E-state index contributed by atoms with van der Waals surface area (Å²) in [7, 11) is 0. The van der Waals surface area contributed by atoms with E-state index in [1.807, 2.05) is 30.3 Å². The van der Waals surface area contributed by atoms with Crippen LogP contribution in [-0.2, 0) is 15.7 Å². The predicted molar refractivity (Wildman–Crippen MR) is 89.3 cm³/mol. The van der Waals surface area contributed by atoms with Gasteiger partial charge >= 0.3 is 6.18 Å². The summed E-state index contributed by atoms with van der Waals surface area (Å²) in [5, 5.41) is 13.0. The smallest absolute Gasteiger partial charge is 0.393 e. The van der Waals surface area contributed by atoms with Crippen molar-refractivity contribution >= 4 is 0 Å². The van der Waals surface area contributed by atoms with Crippen LogP contribution in [0.15, 0.2) is 54.6 Å². The van der Waals surface area contributed by atoms with Gasteiger partial charge in [0, 0.05) is 6.54 Å². The fraction of sp³-hybridized carbons (Fsp3) is 0.368. The van der Waals surface area contributed by atoms with Crippen molar-refractivity contribution in [1.29, 1.82) is 0 Å². The highest BCUT2D eigenvalue weighted by molar-refractivity contribution is 5.27. The molecule has 2 aromatic carbocycles. The van der Waals surface area contributed by atoms with Crippen molar-refractivity contribution in [2.75, 3.05) is 19.8 Å². The second kappa shape index (κ2) is 8.18. The van der Waals surface area contributed by atoms with E-state index in [9.17, 15) is 18.3 Å². The molecule has 7 heteroatoms. The molecule has 0 amide bonds. The van der Waals surface area contributed by atoms with Crippen molar-refractivity contribution in [2.24, 2.45) is 0 Å². The molecule has 26 heavy (non-hydrogen) atoms. The third kappa shape index (κ3) is 4.42. The second-order valence-corrected chi connectivity index (χ2v) is 6.01. The molecule has 0 bridgehead atoms. The standard InChI is InChI=1S/C19H20F3NO3/c20-19(21,22)15-8-4-7-14(11-15)16(12-24)26-18-17(23-9-10-25-18)13-5-2-1-3-6-13/h1-8,11,16-18,23-24H,9-10,12H2/t16-,17?,18?/m1/s1. The van der Waals surface area contributed by atoms with E-state index in [1.165, 1.54) is 12.1 Å². The van der Waals surface area contributed by atoms with Crippen molar-refractivity contribution in [3.05, 3.63) is 71.3 Å². The number of aliphatic hydroxyl groups is 1. The average molecular weight is 367 g/mol. The maximum atomic E-state index is 12.9. The number of ether oxygens (including phenoxy) is 2. The lowest BCUT2D eigenvalue weighted by atomic mass is 10.0. The first kappa shape index (κ1) is 18.8. The van der Waals surface area contributed by atoms with E-state index in [0.717, 1.165) is 17.7 Å². The van der Waals surface area contributed by atoms with E-state index in [1.54, 1.807) is 0 Å². The molecular formula is C19H20F3NO3. The number of benzene rings is 2. The Bertz CT molecular complexity index is 709. The lowest BCUT2D eigenvalue weighted by Gasteiger charge is -2.35. The largest absolute Gasteiger partial charge is 0.416 e. The van der Waals surface area contributed by atoms with Crippen molar-refractivity contribution in [2.45, 2.75) is 24.6 Å². The van der Waals surface area contributed by atoms with Gasteiger partial charge in [0.15, 0.2) is 6.29 Å². The number of aliphatic hydroxyl groups excluding tert-OH is 1. The van der Waals surface area contributed by atoms with Gasteiger partial charge < -0.3 is 19.9 Å². The average Bonchev–Trinajstić information content (AvgIpc) is 2.66. The summed E-state index contributed by atoms with van der Waals surface area (Å²) < 4.78 is 50.4. The Morgan fingerprint density at radius 1 is 1.15 bits per heavy atom. The normalized spacial score (nSPS) is 22.2. The summed E-state index contributed by atoms with van der Waals surface area (Å²) in [4.78, 5) is 0. The molecule has 2 aromatic rings. The van der Waals surface area contributed by atoms with Crippen molar-refractivity contribution in [1.82, 2.24) is 5.32 Å². The molecule has 4 nitrogen and oxygen atoms in total. The van der Waals surface area contributed by atoms with Crippen molar-refractivity contribution in [3.63, 3.8) is 0 Å². The summed E-state index contributed by atoms with van der Waals surface area (Å²) in [6.45, 7) is 0.587. The SMILES string of the molecule is OC[C@@H](OC1OCCNC1c1ccccc1)c1cccc(C(F)(F)F)c1. The predicted octanol–water partition coefficient (Wildman–Crippen LogP) is 3.44. The molecule has 0 aromatic heterocycles. The lowest BCUT2D eigenvalue weighted by molar-refractivity contribution is -0.209. The van der Waals surface area contributed by atoms with Gasteiger partial charge in [-0.25, -0.2) is 0 Å². The molecule has 0 radical (unpaired) electrons. The summed E-state index contributed by atoms with van der Waals surface area (Å²) >= 11 is 0. The molecule has 1 fully saturated rings. The fourth-order valence-electron chi connectivity index (χ4n) is 2.94. The summed E-state index contributed by atoms with van der Waals surface area (Å²) in [5.41, 5.74) is 0.417. The number of hydrogen-bond acceptors (Lipinski definition) is 4. The van der Waals surface area contributed by atoms with Crippen molar-refractivity contribution < 1.29 is 27.8 Å². The van der Waals surface area contributed by atoms with Gasteiger partial charge in [0.25, 0.3) is 0 Å². The summed E-state index contributed by atoms with van der Waals surface area (Å²) in [5.74, 6) is 0. The Morgan fingerprint density at radius 3 is 2.62 bits per heavy atom.